The van der Waals surface area contributed by atoms with Crippen LogP contribution in [-0.2, 0) is 5.41 Å². The number of nitrogen functional groups attached to an aromatic ring is 1. The van der Waals surface area contributed by atoms with Crippen molar-refractivity contribution in [3.8, 4) is 0 Å². The van der Waals surface area contributed by atoms with Crippen LogP contribution in [0.5, 0.6) is 0 Å². The molecular formula is C16H21N3. The summed E-state index contributed by atoms with van der Waals surface area (Å²) in [5, 5.41) is 3.43. The van der Waals surface area contributed by atoms with Crippen molar-refractivity contribution in [2.24, 2.45) is 0 Å². The lowest BCUT2D eigenvalue weighted by atomic mass is 9.88. The van der Waals surface area contributed by atoms with Gasteiger partial charge in [0.2, 0.25) is 0 Å². The number of rotatable bonds is 4. The summed E-state index contributed by atoms with van der Waals surface area (Å²) in [6.07, 6.45) is 1.83. The third-order valence-electron chi connectivity index (χ3n) is 3.29. The quantitative estimate of drug-likeness (QED) is 0.824. The van der Waals surface area contributed by atoms with Crippen LogP contribution in [0.1, 0.15) is 25.1 Å². The Hall–Kier alpha value is -2.03. The van der Waals surface area contributed by atoms with Crippen LogP contribution < -0.4 is 11.1 Å². The zero-order valence-corrected chi connectivity index (χ0v) is 11.8. The summed E-state index contributed by atoms with van der Waals surface area (Å²) in [4.78, 5) is 4.43. The maximum absolute atomic E-state index is 5.98. The molecule has 1 aromatic heterocycles. The van der Waals surface area contributed by atoms with Gasteiger partial charge < -0.3 is 11.1 Å². The number of nitrogens with zero attached hydrogens (tertiary/aromatic N) is 1. The van der Waals surface area contributed by atoms with E-state index in [1.54, 1.807) is 0 Å². The highest BCUT2D eigenvalue weighted by Crippen LogP contribution is 2.24. The van der Waals surface area contributed by atoms with E-state index in [1.165, 1.54) is 5.56 Å². The van der Waals surface area contributed by atoms with E-state index < -0.39 is 0 Å². The molecule has 100 valence electrons. The van der Waals surface area contributed by atoms with Gasteiger partial charge in [-0.3, -0.25) is 4.98 Å². The zero-order chi connectivity index (χ0) is 13.9. The van der Waals surface area contributed by atoms with E-state index in [2.05, 4.69) is 43.2 Å². The Bertz CT molecular complexity index is 547. The maximum Gasteiger partial charge on any atom is 0.0576 e. The zero-order valence-electron chi connectivity index (χ0n) is 11.8. The average molecular weight is 255 g/mol. The fourth-order valence-electron chi connectivity index (χ4n) is 1.99. The fourth-order valence-corrected chi connectivity index (χ4v) is 1.99. The number of hydrogen-bond acceptors (Lipinski definition) is 3. The lowest BCUT2D eigenvalue weighted by Crippen LogP contribution is -2.28. The number of benzene rings is 1. The largest absolute Gasteiger partial charge is 0.397 e. The lowest BCUT2D eigenvalue weighted by molar-refractivity contribution is 0.538. The van der Waals surface area contributed by atoms with Gasteiger partial charge in [-0.25, -0.2) is 0 Å². The Labute approximate surface area is 114 Å². The van der Waals surface area contributed by atoms with Crippen LogP contribution in [0.4, 0.5) is 11.4 Å². The summed E-state index contributed by atoms with van der Waals surface area (Å²) in [5.74, 6) is 0. The molecule has 1 aromatic carbocycles. The molecule has 0 aliphatic carbocycles. The van der Waals surface area contributed by atoms with E-state index in [9.17, 15) is 0 Å². The molecule has 1 heterocycles. The number of hydrogen-bond donors (Lipinski definition) is 2. The number of nitrogens with one attached hydrogen (secondary N) is 1. The van der Waals surface area contributed by atoms with Crippen molar-refractivity contribution in [3.63, 3.8) is 0 Å². The monoisotopic (exact) mass is 255 g/mol. The van der Waals surface area contributed by atoms with Gasteiger partial charge in [0.25, 0.3) is 0 Å². The molecule has 0 unspecified atom stereocenters. The van der Waals surface area contributed by atoms with Crippen molar-refractivity contribution in [2.45, 2.75) is 26.2 Å². The van der Waals surface area contributed by atoms with Gasteiger partial charge in [0.1, 0.15) is 0 Å². The van der Waals surface area contributed by atoms with Crippen LogP contribution in [-0.4, -0.2) is 11.5 Å². The van der Waals surface area contributed by atoms with E-state index in [-0.39, 0.29) is 5.41 Å². The summed E-state index contributed by atoms with van der Waals surface area (Å²) >= 11 is 0. The molecule has 0 atom stereocenters. The summed E-state index contributed by atoms with van der Waals surface area (Å²) < 4.78 is 0. The molecular weight excluding hydrogens is 234 g/mol. The van der Waals surface area contributed by atoms with E-state index in [4.69, 9.17) is 5.73 Å². The van der Waals surface area contributed by atoms with Crippen molar-refractivity contribution in [2.75, 3.05) is 17.6 Å². The van der Waals surface area contributed by atoms with E-state index >= 15 is 0 Å². The average Bonchev–Trinajstić information content (AvgIpc) is 2.41. The third-order valence-corrected chi connectivity index (χ3v) is 3.29. The van der Waals surface area contributed by atoms with Gasteiger partial charge in [-0.15, -0.1) is 0 Å². The molecule has 0 bridgehead atoms. The van der Waals surface area contributed by atoms with Gasteiger partial charge in [0.15, 0.2) is 0 Å². The first-order chi connectivity index (χ1) is 8.99. The molecule has 2 rings (SSSR count). The SMILES string of the molecule is Cc1ccc(N)c(NCC(C)(C)c2ccccn2)c1. The summed E-state index contributed by atoms with van der Waals surface area (Å²) in [7, 11) is 0. The third kappa shape index (κ3) is 3.25. The number of nitrogens with two attached hydrogens (primary N) is 1. The number of aromatic nitrogens is 1. The topological polar surface area (TPSA) is 50.9 Å². The molecule has 3 nitrogen and oxygen atoms in total. The predicted molar refractivity (Wildman–Crippen MR) is 81.3 cm³/mol. The van der Waals surface area contributed by atoms with Gasteiger partial charge >= 0.3 is 0 Å². The first-order valence-corrected chi connectivity index (χ1v) is 6.50. The van der Waals surface area contributed by atoms with Gasteiger partial charge in [0, 0.05) is 23.9 Å². The Morgan fingerprint density at radius 1 is 1.21 bits per heavy atom. The van der Waals surface area contributed by atoms with E-state index in [0.29, 0.717) is 0 Å². The molecule has 0 amide bonds. The molecule has 0 saturated carbocycles. The highest BCUT2D eigenvalue weighted by atomic mass is 14.9. The van der Waals surface area contributed by atoms with Crippen molar-refractivity contribution < 1.29 is 0 Å². The van der Waals surface area contributed by atoms with Crippen molar-refractivity contribution in [1.29, 1.82) is 0 Å². The van der Waals surface area contributed by atoms with Crippen molar-refractivity contribution in [1.82, 2.24) is 4.98 Å². The van der Waals surface area contributed by atoms with Gasteiger partial charge in [-0.1, -0.05) is 26.0 Å². The van der Waals surface area contributed by atoms with E-state index in [0.717, 1.165) is 23.6 Å². The summed E-state index contributed by atoms with van der Waals surface area (Å²) in [5.41, 5.74) is 9.98. The standard InChI is InChI=1S/C16H21N3/c1-12-7-8-13(17)14(10-12)19-11-16(2,3)15-6-4-5-9-18-15/h4-10,19H,11,17H2,1-3H3. The van der Waals surface area contributed by atoms with Gasteiger partial charge in [0.05, 0.1) is 11.4 Å². The Morgan fingerprint density at radius 3 is 2.68 bits per heavy atom. The Morgan fingerprint density at radius 2 is 2.00 bits per heavy atom. The molecule has 3 N–H and O–H groups in total. The minimum atomic E-state index is -0.0442. The molecule has 3 heteroatoms. The molecule has 2 aromatic rings. The fraction of sp³-hybridized carbons (Fsp3) is 0.312. The van der Waals surface area contributed by atoms with Gasteiger partial charge in [-0.05, 0) is 36.8 Å². The predicted octanol–water partition coefficient (Wildman–Crippen LogP) is 3.36. The Balaban J connectivity index is 2.12. The second kappa shape index (κ2) is 5.31. The minimum absolute atomic E-state index is 0.0442. The van der Waals surface area contributed by atoms with Crippen molar-refractivity contribution >= 4 is 11.4 Å². The molecule has 0 radical (unpaired) electrons. The van der Waals surface area contributed by atoms with Crippen LogP contribution in [0.15, 0.2) is 42.6 Å². The second-order valence-corrected chi connectivity index (χ2v) is 5.54. The number of aryl methyl sites for hydroxylation is 1. The van der Waals surface area contributed by atoms with E-state index in [1.807, 2.05) is 30.5 Å². The smallest absolute Gasteiger partial charge is 0.0576 e. The number of anilines is 2. The van der Waals surface area contributed by atoms with Gasteiger partial charge in [-0.2, -0.15) is 0 Å². The normalized spacial score (nSPS) is 11.3. The molecule has 0 spiro atoms. The van der Waals surface area contributed by atoms with Crippen LogP contribution in [0.3, 0.4) is 0 Å². The van der Waals surface area contributed by atoms with Crippen molar-refractivity contribution in [3.05, 3.63) is 53.9 Å². The molecule has 0 fully saturated rings. The highest BCUT2D eigenvalue weighted by molar-refractivity contribution is 5.67. The first-order valence-electron chi connectivity index (χ1n) is 6.50. The van der Waals surface area contributed by atoms with Crippen LogP contribution in [0.25, 0.3) is 0 Å². The first kappa shape index (κ1) is 13.4. The maximum atomic E-state index is 5.98. The van der Waals surface area contributed by atoms with Crippen LogP contribution in [0, 0.1) is 6.92 Å². The Kier molecular flexibility index (Phi) is 3.74. The van der Waals surface area contributed by atoms with Crippen LogP contribution >= 0.6 is 0 Å². The minimum Gasteiger partial charge on any atom is -0.397 e. The summed E-state index contributed by atoms with van der Waals surface area (Å²) in [6, 6.07) is 12.0. The lowest BCUT2D eigenvalue weighted by Gasteiger charge is -2.25. The highest BCUT2D eigenvalue weighted by Gasteiger charge is 2.21. The molecule has 0 aliphatic heterocycles. The number of pyridine rings is 1. The second-order valence-electron chi connectivity index (χ2n) is 5.54. The molecule has 0 saturated heterocycles. The molecule has 19 heavy (non-hydrogen) atoms. The summed E-state index contributed by atoms with van der Waals surface area (Å²) in [6.45, 7) is 7.20. The van der Waals surface area contributed by atoms with Crippen LogP contribution in [0.2, 0.25) is 0 Å². The molecule has 0 aliphatic rings.